The lowest BCUT2D eigenvalue weighted by molar-refractivity contribution is 0.0465. The number of hydrogen-bond donors (Lipinski definition) is 1. The second-order valence-corrected chi connectivity index (χ2v) is 4.13. The smallest absolute Gasteiger partial charge is 0.0812 e. The molecule has 0 heterocycles. The van der Waals surface area contributed by atoms with E-state index in [0.29, 0.717) is 13.0 Å². The normalized spacial score (nSPS) is 13.1. The molecule has 84 valence electrons. The summed E-state index contributed by atoms with van der Waals surface area (Å²) in [6.45, 7) is 6.64. The van der Waals surface area contributed by atoms with Crippen LogP contribution in [0.5, 0.6) is 0 Å². The molecule has 0 aromatic heterocycles. The van der Waals surface area contributed by atoms with Gasteiger partial charge in [-0.05, 0) is 26.3 Å². The van der Waals surface area contributed by atoms with Crippen molar-refractivity contribution in [3.8, 4) is 0 Å². The Hall–Kier alpha value is -0.860. The lowest BCUT2D eigenvalue weighted by Gasteiger charge is -2.12. The first-order chi connectivity index (χ1) is 7.09. The number of hydrogen-bond acceptors (Lipinski definition) is 2. The number of aliphatic hydroxyl groups is 1. The van der Waals surface area contributed by atoms with Gasteiger partial charge in [0.25, 0.3) is 0 Å². The molecule has 2 nitrogen and oxygen atoms in total. The molecule has 0 saturated carbocycles. The highest BCUT2D eigenvalue weighted by Crippen LogP contribution is 2.17. The summed E-state index contributed by atoms with van der Waals surface area (Å²) in [5, 5.41) is 9.84. The molecule has 1 aromatic rings. The van der Waals surface area contributed by atoms with Crippen molar-refractivity contribution in [2.45, 2.75) is 39.4 Å². The van der Waals surface area contributed by atoms with Crippen LogP contribution in [-0.4, -0.2) is 17.8 Å². The Kier molecular flexibility index (Phi) is 4.79. The fraction of sp³-hybridized carbons (Fsp3) is 0.538. The van der Waals surface area contributed by atoms with Crippen LogP contribution in [-0.2, 0) is 4.74 Å². The Morgan fingerprint density at radius 3 is 2.33 bits per heavy atom. The van der Waals surface area contributed by atoms with Gasteiger partial charge in [-0.2, -0.15) is 0 Å². The van der Waals surface area contributed by atoms with Gasteiger partial charge in [-0.3, -0.25) is 0 Å². The zero-order chi connectivity index (χ0) is 11.3. The average Bonchev–Trinajstić information content (AvgIpc) is 2.18. The van der Waals surface area contributed by atoms with Gasteiger partial charge < -0.3 is 9.84 Å². The molecule has 0 aliphatic rings. The second kappa shape index (κ2) is 5.89. The molecule has 2 heteroatoms. The fourth-order valence-corrected chi connectivity index (χ4v) is 1.37. The summed E-state index contributed by atoms with van der Waals surface area (Å²) in [7, 11) is 0. The number of rotatable bonds is 5. The monoisotopic (exact) mass is 208 g/mol. The zero-order valence-electron chi connectivity index (χ0n) is 9.73. The van der Waals surface area contributed by atoms with Crippen molar-refractivity contribution in [3.63, 3.8) is 0 Å². The molecule has 1 aromatic carbocycles. The van der Waals surface area contributed by atoms with Crippen LogP contribution < -0.4 is 0 Å². The maximum atomic E-state index is 9.84. The van der Waals surface area contributed by atoms with E-state index in [-0.39, 0.29) is 6.10 Å². The van der Waals surface area contributed by atoms with Gasteiger partial charge >= 0.3 is 0 Å². The predicted octanol–water partition coefficient (Wildman–Crippen LogP) is 2.84. The Morgan fingerprint density at radius 2 is 1.80 bits per heavy atom. The molecule has 0 spiro atoms. The highest BCUT2D eigenvalue weighted by molar-refractivity contribution is 5.22. The Balaban J connectivity index is 2.40. The topological polar surface area (TPSA) is 29.5 Å². The predicted molar refractivity (Wildman–Crippen MR) is 61.8 cm³/mol. The SMILES string of the molecule is Cc1ccc(C(O)CCOC(C)C)cc1. The third-order valence-corrected chi connectivity index (χ3v) is 2.30. The molecule has 0 saturated heterocycles. The second-order valence-electron chi connectivity index (χ2n) is 4.13. The number of ether oxygens (including phenoxy) is 1. The molecule has 0 amide bonds. The number of aryl methyl sites for hydroxylation is 1. The number of benzene rings is 1. The van der Waals surface area contributed by atoms with E-state index >= 15 is 0 Å². The summed E-state index contributed by atoms with van der Waals surface area (Å²) in [5.74, 6) is 0. The van der Waals surface area contributed by atoms with E-state index in [1.54, 1.807) is 0 Å². The van der Waals surface area contributed by atoms with Crippen LogP contribution in [0.3, 0.4) is 0 Å². The molecule has 1 atom stereocenters. The summed E-state index contributed by atoms with van der Waals surface area (Å²) in [4.78, 5) is 0. The molecule has 0 aliphatic heterocycles. The van der Waals surface area contributed by atoms with E-state index in [0.717, 1.165) is 5.56 Å². The van der Waals surface area contributed by atoms with Crippen molar-refractivity contribution >= 4 is 0 Å². The van der Waals surface area contributed by atoms with E-state index in [1.165, 1.54) is 5.56 Å². The van der Waals surface area contributed by atoms with Crippen LogP contribution in [0.25, 0.3) is 0 Å². The van der Waals surface area contributed by atoms with Crippen LogP contribution >= 0.6 is 0 Å². The van der Waals surface area contributed by atoms with Crippen molar-refractivity contribution in [3.05, 3.63) is 35.4 Å². The molecular weight excluding hydrogens is 188 g/mol. The van der Waals surface area contributed by atoms with Crippen molar-refractivity contribution < 1.29 is 9.84 Å². The summed E-state index contributed by atoms with van der Waals surface area (Å²) in [6.07, 6.45) is 0.473. The van der Waals surface area contributed by atoms with Gasteiger partial charge in [0.05, 0.1) is 12.2 Å². The molecule has 0 radical (unpaired) electrons. The van der Waals surface area contributed by atoms with E-state index < -0.39 is 6.10 Å². The highest BCUT2D eigenvalue weighted by Gasteiger charge is 2.07. The van der Waals surface area contributed by atoms with Crippen LogP contribution in [0.2, 0.25) is 0 Å². The lowest BCUT2D eigenvalue weighted by Crippen LogP contribution is -2.08. The summed E-state index contributed by atoms with van der Waals surface area (Å²) in [5.41, 5.74) is 2.18. The van der Waals surface area contributed by atoms with Gasteiger partial charge in [-0.1, -0.05) is 29.8 Å². The Labute approximate surface area is 91.9 Å². The maximum Gasteiger partial charge on any atom is 0.0812 e. The highest BCUT2D eigenvalue weighted by atomic mass is 16.5. The molecule has 0 aliphatic carbocycles. The van der Waals surface area contributed by atoms with E-state index in [9.17, 15) is 5.11 Å². The summed E-state index contributed by atoms with van der Waals surface area (Å²) in [6, 6.07) is 7.97. The van der Waals surface area contributed by atoms with Gasteiger partial charge in [0.2, 0.25) is 0 Å². The van der Waals surface area contributed by atoms with Gasteiger partial charge in [0.15, 0.2) is 0 Å². The molecule has 1 rings (SSSR count). The zero-order valence-corrected chi connectivity index (χ0v) is 9.73. The molecule has 1 unspecified atom stereocenters. The molecule has 1 N–H and O–H groups in total. The molecular formula is C13H20O2. The third kappa shape index (κ3) is 4.45. The van der Waals surface area contributed by atoms with E-state index in [4.69, 9.17) is 4.74 Å². The summed E-state index contributed by atoms with van der Waals surface area (Å²) < 4.78 is 5.40. The minimum Gasteiger partial charge on any atom is -0.388 e. The van der Waals surface area contributed by atoms with Crippen molar-refractivity contribution in [1.29, 1.82) is 0 Å². The molecule has 0 bridgehead atoms. The standard InChI is InChI=1S/C13H20O2/c1-10(2)15-9-8-13(14)12-6-4-11(3)5-7-12/h4-7,10,13-14H,8-9H2,1-3H3. The first kappa shape index (κ1) is 12.2. The van der Waals surface area contributed by atoms with Crippen LogP contribution in [0.1, 0.15) is 37.5 Å². The first-order valence-corrected chi connectivity index (χ1v) is 5.46. The van der Waals surface area contributed by atoms with E-state index in [1.807, 2.05) is 45.0 Å². The van der Waals surface area contributed by atoms with Crippen LogP contribution in [0.15, 0.2) is 24.3 Å². The molecule has 15 heavy (non-hydrogen) atoms. The number of aliphatic hydroxyl groups excluding tert-OH is 1. The first-order valence-electron chi connectivity index (χ1n) is 5.46. The van der Waals surface area contributed by atoms with Crippen molar-refractivity contribution in [2.75, 3.05) is 6.61 Å². The largest absolute Gasteiger partial charge is 0.388 e. The fourth-order valence-electron chi connectivity index (χ4n) is 1.37. The minimum absolute atomic E-state index is 0.232. The summed E-state index contributed by atoms with van der Waals surface area (Å²) >= 11 is 0. The van der Waals surface area contributed by atoms with Crippen LogP contribution in [0, 0.1) is 6.92 Å². The Morgan fingerprint density at radius 1 is 1.20 bits per heavy atom. The quantitative estimate of drug-likeness (QED) is 0.806. The van der Waals surface area contributed by atoms with Gasteiger partial charge in [-0.15, -0.1) is 0 Å². The Bertz CT molecular complexity index is 277. The van der Waals surface area contributed by atoms with Crippen molar-refractivity contribution in [2.24, 2.45) is 0 Å². The average molecular weight is 208 g/mol. The van der Waals surface area contributed by atoms with E-state index in [2.05, 4.69) is 0 Å². The lowest BCUT2D eigenvalue weighted by atomic mass is 10.1. The van der Waals surface area contributed by atoms with Crippen molar-refractivity contribution in [1.82, 2.24) is 0 Å². The molecule has 0 fully saturated rings. The van der Waals surface area contributed by atoms with Crippen LogP contribution in [0.4, 0.5) is 0 Å². The van der Waals surface area contributed by atoms with Gasteiger partial charge in [0, 0.05) is 13.0 Å². The maximum absolute atomic E-state index is 9.84. The minimum atomic E-state index is -0.413. The third-order valence-electron chi connectivity index (χ3n) is 2.30. The van der Waals surface area contributed by atoms with Gasteiger partial charge in [-0.25, -0.2) is 0 Å². The van der Waals surface area contributed by atoms with Gasteiger partial charge in [0.1, 0.15) is 0 Å².